The summed E-state index contributed by atoms with van der Waals surface area (Å²) in [5, 5.41) is 11.9. The molecule has 0 aromatic heterocycles. The second-order valence-corrected chi connectivity index (χ2v) is 8.50. The van der Waals surface area contributed by atoms with Gasteiger partial charge in [0.05, 0.1) is 39.6 Å². The molecule has 0 aliphatic carbocycles. The van der Waals surface area contributed by atoms with Crippen LogP contribution < -0.4 is 23.8 Å². The second-order valence-electron chi connectivity index (χ2n) is 8.06. The summed E-state index contributed by atoms with van der Waals surface area (Å²) in [4.78, 5) is 28.1. The third-order valence-electron chi connectivity index (χ3n) is 6.01. The number of benzene rings is 3. The van der Waals surface area contributed by atoms with Gasteiger partial charge >= 0.3 is 0 Å². The molecular weight excluding hydrogens is 498 g/mol. The molecule has 0 spiro atoms. The number of halogens is 1. The van der Waals surface area contributed by atoms with E-state index in [0.29, 0.717) is 45.9 Å². The highest BCUT2D eigenvalue weighted by Crippen LogP contribution is 2.45. The van der Waals surface area contributed by atoms with Crippen molar-refractivity contribution in [2.75, 3.05) is 32.8 Å². The molecule has 1 saturated heterocycles. The average Bonchev–Trinajstić information content (AvgIpc) is 3.18. The lowest BCUT2D eigenvalue weighted by atomic mass is 9.94. The van der Waals surface area contributed by atoms with Crippen molar-refractivity contribution in [3.63, 3.8) is 0 Å². The highest BCUT2D eigenvalue weighted by Gasteiger charge is 2.47. The van der Waals surface area contributed by atoms with Crippen molar-refractivity contribution in [3.8, 4) is 23.0 Å². The molecule has 1 aliphatic heterocycles. The number of aliphatic hydroxyl groups excluding tert-OH is 1. The topological polar surface area (TPSA) is 94.5 Å². The fourth-order valence-electron chi connectivity index (χ4n) is 4.29. The van der Waals surface area contributed by atoms with Crippen molar-refractivity contribution in [3.05, 3.63) is 82.4 Å². The van der Waals surface area contributed by atoms with Crippen LogP contribution >= 0.6 is 11.6 Å². The fraction of sp³-hybridized carbons (Fsp3) is 0.214. The molecule has 9 heteroatoms. The summed E-state index contributed by atoms with van der Waals surface area (Å²) in [5.41, 5.74) is 1.19. The number of ketones is 1. The number of ether oxygens (including phenoxy) is 4. The molecule has 1 heterocycles. The fourth-order valence-corrected chi connectivity index (χ4v) is 4.41. The van der Waals surface area contributed by atoms with E-state index in [1.807, 2.05) is 6.92 Å². The van der Waals surface area contributed by atoms with Crippen LogP contribution in [0, 0.1) is 0 Å². The molecule has 1 aliphatic rings. The number of methoxy groups -OCH3 is 3. The minimum absolute atomic E-state index is 0.0835. The lowest BCUT2D eigenvalue weighted by Gasteiger charge is -2.26. The van der Waals surface area contributed by atoms with Gasteiger partial charge in [-0.3, -0.25) is 14.5 Å². The molecule has 1 N–H and O–H groups in total. The van der Waals surface area contributed by atoms with Gasteiger partial charge in [-0.05, 0) is 67.1 Å². The Bertz CT molecular complexity index is 1370. The summed E-state index contributed by atoms with van der Waals surface area (Å²) in [5.74, 6) is -0.227. The zero-order chi connectivity index (χ0) is 26.7. The summed E-state index contributed by atoms with van der Waals surface area (Å²) >= 11 is 6.07. The number of carbonyl (C=O) groups is 2. The zero-order valence-corrected chi connectivity index (χ0v) is 21.5. The quantitative estimate of drug-likeness (QED) is 0.240. The summed E-state index contributed by atoms with van der Waals surface area (Å²) in [6.07, 6.45) is 0. The molecule has 1 unspecified atom stereocenters. The van der Waals surface area contributed by atoms with Crippen molar-refractivity contribution < 1.29 is 33.6 Å². The van der Waals surface area contributed by atoms with Crippen LogP contribution in [-0.4, -0.2) is 44.7 Å². The minimum atomic E-state index is -0.959. The second kappa shape index (κ2) is 10.8. The van der Waals surface area contributed by atoms with Crippen molar-refractivity contribution in [1.82, 2.24) is 0 Å². The molecule has 0 saturated carbocycles. The number of anilines is 1. The van der Waals surface area contributed by atoms with Gasteiger partial charge in [0.1, 0.15) is 5.76 Å². The minimum Gasteiger partial charge on any atom is -0.507 e. The van der Waals surface area contributed by atoms with Gasteiger partial charge in [0.25, 0.3) is 11.7 Å². The normalized spacial score (nSPS) is 16.6. The van der Waals surface area contributed by atoms with Crippen LogP contribution in [0.5, 0.6) is 23.0 Å². The van der Waals surface area contributed by atoms with Gasteiger partial charge in [0, 0.05) is 16.3 Å². The Hall–Kier alpha value is -4.17. The largest absolute Gasteiger partial charge is 0.507 e. The van der Waals surface area contributed by atoms with E-state index >= 15 is 0 Å². The van der Waals surface area contributed by atoms with E-state index in [0.717, 1.165) is 0 Å². The van der Waals surface area contributed by atoms with Crippen molar-refractivity contribution >= 4 is 34.7 Å². The maximum absolute atomic E-state index is 13.4. The van der Waals surface area contributed by atoms with Gasteiger partial charge in [0.2, 0.25) is 0 Å². The first-order valence-corrected chi connectivity index (χ1v) is 11.8. The van der Waals surface area contributed by atoms with Crippen LogP contribution in [0.1, 0.15) is 24.1 Å². The molecule has 1 atom stereocenters. The predicted octanol–water partition coefficient (Wildman–Crippen LogP) is 5.39. The zero-order valence-electron chi connectivity index (χ0n) is 20.8. The Balaban J connectivity index is 1.96. The first-order valence-electron chi connectivity index (χ1n) is 11.4. The molecule has 3 aromatic rings. The Morgan fingerprint density at radius 3 is 2.11 bits per heavy atom. The van der Waals surface area contributed by atoms with Crippen LogP contribution in [0.4, 0.5) is 5.69 Å². The molecule has 3 aromatic carbocycles. The van der Waals surface area contributed by atoms with Crippen LogP contribution in [0.3, 0.4) is 0 Å². The summed E-state index contributed by atoms with van der Waals surface area (Å²) in [6, 6.07) is 15.4. The Morgan fingerprint density at radius 2 is 1.49 bits per heavy atom. The van der Waals surface area contributed by atoms with Crippen LogP contribution in [-0.2, 0) is 9.59 Å². The summed E-state index contributed by atoms with van der Waals surface area (Å²) in [6.45, 7) is 2.21. The summed E-state index contributed by atoms with van der Waals surface area (Å²) in [7, 11) is 4.48. The van der Waals surface area contributed by atoms with Gasteiger partial charge in [0.15, 0.2) is 23.0 Å². The monoisotopic (exact) mass is 523 g/mol. The molecule has 37 heavy (non-hydrogen) atoms. The molecule has 8 nitrogen and oxygen atoms in total. The Kier molecular flexibility index (Phi) is 7.59. The Labute approximate surface area is 219 Å². The first-order chi connectivity index (χ1) is 17.8. The van der Waals surface area contributed by atoms with E-state index in [2.05, 4.69) is 0 Å². The van der Waals surface area contributed by atoms with Crippen LogP contribution in [0.15, 0.2) is 66.2 Å². The third-order valence-corrected chi connectivity index (χ3v) is 6.26. The van der Waals surface area contributed by atoms with Crippen molar-refractivity contribution in [2.24, 2.45) is 0 Å². The summed E-state index contributed by atoms with van der Waals surface area (Å²) < 4.78 is 21.8. The van der Waals surface area contributed by atoms with E-state index < -0.39 is 17.7 Å². The van der Waals surface area contributed by atoms with Gasteiger partial charge < -0.3 is 24.1 Å². The van der Waals surface area contributed by atoms with Gasteiger partial charge in [-0.15, -0.1) is 0 Å². The van der Waals surface area contributed by atoms with Crippen LogP contribution in [0.2, 0.25) is 5.02 Å². The molecule has 0 bridgehead atoms. The standard InChI is InChI=1S/C28H26ClNO7/c1-5-37-23-14-16(6-12-21(23)35-3)25-24(26(31)17-7-13-20(34-2)22(15-17)36-4)27(32)28(33)30(25)19-10-8-18(29)9-11-19/h6-15,25,31H,5H2,1-4H3/b26-24-. The lowest BCUT2D eigenvalue weighted by molar-refractivity contribution is -0.132. The van der Waals surface area contributed by atoms with Crippen molar-refractivity contribution in [1.29, 1.82) is 0 Å². The number of hydrogen-bond acceptors (Lipinski definition) is 7. The van der Waals surface area contributed by atoms with Gasteiger partial charge in [-0.2, -0.15) is 0 Å². The van der Waals surface area contributed by atoms with E-state index in [1.165, 1.54) is 26.2 Å². The van der Waals surface area contributed by atoms with E-state index in [1.54, 1.807) is 60.7 Å². The molecule has 0 radical (unpaired) electrons. The average molecular weight is 524 g/mol. The number of rotatable bonds is 8. The first kappa shape index (κ1) is 25.9. The lowest BCUT2D eigenvalue weighted by Crippen LogP contribution is -2.29. The maximum Gasteiger partial charge on any atom is 0.300 e. The molecular formula is C28H26ClNO7. The van der Waals surface area contributed by atoms with Gasteiger partial charge in [-0.1, -0.05) is 17.7 Å². The molecule has 192 valence electrons. The highest BCUT2D eigenvalue weighted by molar-refractivity contribution is 6.51. The number of carbonyl (C=O) groups excluding carboxylic acids is 2. The number of aliphatic hydroxyl groups is 1. The van der Waals surface area contributed by atoms with Crippen molar-refractivity contribution in [2.45, 2.75) is 13.0 Å². The molecule has 1 amide bonds. The molecule has 1 fully saturated rings. The smallest absolute Gasteiger partial charge is 0.300 e. The highest BCUT2D eigenvalue weighted by atomic mass is 35.5. The van der Waals surface area contributed by atoms with E-state index in [4.69, 9.17) is 30.5 Å². The van der Waals surface area contributed by atoms with E-state index in [9.17, 15) is 14.7 Å². The number of nitrogens with zero attached hydrogens (tertiary/aromatic N) is 1. The number of Topliss-reactive ketones (excluding diaryl/α,β-unsaturated/α-hetero) is 1. The predicted molar refractivity (Wildman–Crippen MR) is 140 cm³/mol. The van der Waals surface area contributed by atoms with E-state index in [-0.39, 0.29) is 16.9 Å². The van der Waals surface area contributed by atoms with Gasteiger partial charge in [-0.25, -0.2) is 0 Å². The number of hydrogen-bond donors (Lipinski definition) is 1. The van der Waals surface area contributed by atoms with Crippen LogP contribution in [0.25, 0.3) is 5.76 Å². The molecule has 4 rings (SSSR count). The third kappa shape index (κ3) is 4.80. The number of amides is 1. The SMILES string of the molecule is CCOc1cc(C2/C(=C(/O)c3ccc(OC)c(OC)c3)C(=O)C(=O)N2c2ccc(Cl)cc2)ccc1OC. The Morgan fingerprint density at radius 1 is 0.865 bits per heavy atom. The maximum atomic E-state index is 13.4.